The molecule has 0 radical (unpaired) electrons. The standard InChI is InChI=1S/C17H26N2O/c1-6-13(4)11-15(18-12(2)3)17-16-14(8-10-20-17)7-9-19(16)5/h7,9,11,13,17-18H,2,6,8,10H2,1,3-5H3/b15-11-. The smallest absolute Gasteiger partial charge is 0.137 e. The molecule has 0 spiro atoms. The van der Waals surface area contributed by atoms with Gasteiger partial charge in [0, 0.05) is 24.6 Å². The van der Waals surface area contributed by atoms with Gasteiger partial charge in [0.25, 0.3) is 0 Å². The predicted molar refractivity (Wildman–Crippen MR) is 83.3 cm³/mol. The number of aromatic nitrogens is 1. The van der Waals surface area contributed by atoms with E-state index < -0.39 is 0 Å². The normalized spacial score (nSPS) is 20.4. The number of hydrogen-bond acceptors (Lipinski definition) is 2. The van der Waals surface area contributed by atoms with Crippen LogP contribution in [0.5, 0.6) is 0 Å². The molecule has 2 atom stereocenters. The molecule has 3 nitrogen and oxygen atoms in total. The van der Waals surface area contributed by atoms with Gasteiger partial charge in [-0.2, -0.15) is 0 Å². The second kappa shape index (κ2) is 6.31. The Morgan fingerprint density at radius 2 is 2.40 bits per heavy atom. The summed E-state index contributed by atoms with van der Waals surface area (Å²) in [6.07, 6.45) is 6.50. The molecule has 1 aliphatic rings. The van der Waals surface area contributed by atoms with Gasteiger partial charge in [0.2, 0.25) is 0 Å². The van der Waals surface area contributed by atoms with Crippen molar-refractivity contribution in [1.29, 1.82) is 0 Å². The van der Waals surface area contributed by atoms with Crippen LogP contribution in [0.3, 0.4) is 0 Å². The van der Waals surface area contributed by atoms with Gasteiger partial charge in [0.1, 0.15) is 6.10 Å². The van der Waals surface area contributed by atoms with Gasteiger partial charge in [0.15, 0.2) is 0 Å². The molecule has 0 aromatic carbocycles. The molecule has 3 heteroatoms. The van der Waals surface area contributed by atoms with Crippen molar-refractivity contribution in [1.82, 2.24) is 9.88 Å². The first kappa shape index (κ1) is 14.9. The zero-order valence-corrected chi connectivity index (χ0v) is 13.1. The maximum Gasteiger partial charge on any atom is 0.137 e. The van der Waals surface area contributed by atoms with Gasteiger partial charge in [-0.05, 0) is 30.9 Å². The van der Waals surface area contributed by atoms with E-state index >= 15 is 0 Å². The molecular weight excluding hydrogens is 248 g/mol. The topological polar surface area (TPSA) is 26.2 Å². The Bertz CT molecular complexity index is 513. The van der Waals surface area contributed by atoms with Crippen LogP contribution in [0, 0.1) is 5.92 Å². The summed E-state index contributed by atoms with van der Waals surface area (Å²) in [5, 5.41) is 3.40. The summed E-state index contributed by atoms with van der Waals surface area (Å²) in [6, 6.07) is 2.20. The van der Waals surface area contributed by atoms with Crippen LogP contribution in [0.2, 0.25) is 0 Å². The summed E-state index contributed by atoms with van der Waals surface area (Å²) < 4.78 is 8.23. The Balaban J connectivity index is 2.37. The predicted octanol–water partition coefficient (Wildman–Crippen LogP) is 3.69. The summed E-state index contributed by atoms with van der Waals surface area (Å²) in [7, 11) is 2.09. The lowest BCUT2D eigenvalue weighted by Gasteiger charge is -2.29. The van der Waals surface area contributed by atoms with Gasteiger partial charge in [-0.15, -0.1) is 0 Å². The van der Waals surface area contributed by atoms with Gasteiger partial charge in [0.05, 0.1) is 12.3 Å². The second-order valence-corrected chi connectivity index (χ2v) is 5.75. The number of ether oxygens (including phenoxy) is 1. The fraction of sp³-hybridized carbons (Fsp3) is 0.529. The number of aryl methyl sites for hydroxylation is 1. The minimum atomic E-state index is -0.00977. The second-order valence-electron chi connectivity index (χ2n) is 5.75. The van der Waals surface area contributed by atoms with Crippen LogP contribution in [-0.2, 0) is 18.2 Å². The SMILES string of the molecule is C=C(C)N/C(=C\C(C)CC)C1OCCc2ccn(C)c21. The zero-order valence-electron chi connectivity index (χ0n) is 13.1. The van der Waals surface area contributed by atoms with Crippen LogP contribution in [0.15, 0.2) is 36.3 Å². The molecule has 110 valence electrons. The van der Waals surface area contributed by atoms with Crippen molar-refractivity contribution in [3.8, 4) is 0 Å². The molecule has 0 bridgehead atoms. The van der Waals surface area contributed by atoms with Gasteiger partial charge in [-0.1, -0.05) is 32.9 Å². The summed E-state index contributed by atoms with van der Waals surface area (Å²) in [5.41, 5.74) is 4.72. The first-order chi connectivity index (χ1) is 9.52. The van der Waals surface area contributed by atoms with Crippen LogP contribution >= 0.6 is 0 Å². The molecule has 1 aromatic rings. The number of rotatable bonds is 5. The van der Waals surface area contributed by atoms with E-state index in [2.05, 4.69) is 55.7 Å². The van der Waals surface area contributed by atoms with Crippen molar-refractivity contribution >= 4 is 0 Å². The van der Waals surface area contributed by atoms with E-state index in [1.165, 1.54) is 11.3 Å². The monoisotopic (exact) mass is 274 g/mol. The Kier molecular flexibility index (Phi) is 4.71. The highest BCUT2D eigenvalue weighted by Crippen LogP contribution is 2.33. The average Bonchev–Trinajstić information content (AvgIpc) is 2.79. The Morgan fingerprint density at radius 3 is 3.05 bits per heavy atom. The van der Waals surface area contributed by atoms with Crippen LogP contribution in [0.4, 0.5) is 0 Å². The van der Waals surface area contributed by atoms with Gasteiger partial charge in [-0.3, -0.25) is 0 Å². The Hall–Kier alpha value is -1.48. The minimum absolute atomic E-state index is 0.00977. The molecule has 0 aliphatic carbocycles. The summed E-state index contributed by atoms with van der Waals surface area (Å²) in [4.78, 5) is 0. The number of nitrogens with one attached hydrogen (secondary N) is 1. The average molecular weight is 274 g/mol. The lowest BCUT2D eigenvalue weighted by molar-refractivity contribution is 0.0580. The number of allylic oxidation sites excluding steroid dienone is 2. The maximum atomic E-state index is 6.06. The zero-order chi connectivity index (χ0) is 14.7. The molecule has 1 N–H and O–H groups in total. The van der Waals surface area contributed by atoms with Crippen molar-refractivity contribution in [2.24, 2.45) is 13.0 Å². The fourth-order valence-corrected chi connectivity index (χ4v) is 2.63. The van der Waals surface area contributed by atoms with Gasteiger partial charge < -0.3 is 14.6 Å². The lowest BCUT2D eigenvalue weighted by Crippen LogP contribution is -2.26. The molecule has 1 aliphatic heterocycles. The number of hydrogen-bond donors (Lipinski definition) is 1. The molecule has 20 heavy (non-hydrogen) atoms. The van der Waals surface area contributed by atoms with E-state index in [-0.39, 0.29) is 6.10 Å². The van der Waals surface area contributed by atoms with Gasteiger partial charge >= 0.3 is 0 Å². The van der Waals surface area contributed by atoms with Crippen molar-refractivity contribution < 1.29 is 4.74 Å². The summed E-state index contributed by atoms with van der Waals surface area (Å²) >= 11 is 0. The first-order valence-electron chi connectivity index (χ1n) is 7.42. The molecule has 2 unspecified atom stereocenters. The van der Waals surface area contributed by atoms with Crippen LogP contribution in [-0.4, -0.2) is 11.2 Å². The maximum absolute atomic E-state index is 6.06. The van der Waals surface area contributed by atoms with Gasteiger partial charge in [-0.25, -0.2) is 0 Å². The van der Waals surface area contributed by atoms with Crippen molar-refractivity contribution in [2.75, 3.05) is 6.61 Å². The molecule has 0 fully saturated rings. The van der Waals surface area contributed by atoms with Crippen LogP contribution in [0.1, 0.15) is 44.6 Å². The highest BCUT2D eigenvalue weighted by molar-refractivity contribution is 5.33. The summed E-state index contributed by atoms with van der Waals surface area (Å²) in [6.45, 7) is 11.2. The van der Waals surface area contributed by atoms with Crippen molar-refractivity contribution in [3.05, 3.63) is 47.6 Å². The quantitative estimate of drug-likeness (QED) is 0.886. The molecule has 0 saturated heterocycles. The molecule has 1 aromatic heterocycles. The third-order valence-corrected chi connectivity index (χ3v) is 3.86. The number of nitrogens with zero attached hydrogens (tertiary/aromatic N) is 1. The third kappa shape index (κ3) is 3.15. The first-order valence-corrected chi connectivity index (χ1v) is 7.42. The van der Waals surface area contributed by atoms with Crippen molar-refractivity contribution in [3.63, 3.8) is 0 Å². The highest BCUT2D eigenvalue weighted by atomic mass is 16.5. The lowest BCUT2D eigenvalue weighted by atomic mass is 9.99. The highest BCUT2D eigenvalue weighted by Gasteiger charge is 2.27. The molecule has 0 saturated carbocycles. The molecule has 2 heterocycles. The van der Waals surface area contributed by atoms with E-state index in [0.29, 0.717) is 5.92 Å². The van der Waals surface area contributed by atoms with E-state index in [1.807, 2.05) is 6.92 Å². The minimum Gasteiger partial charge on any atom is -0.365 e. The molecule has 0 amide bonds. The van der Waals surface area contributed by atoms with E-state index in [4.69, 9.17) is 4.74 Å². The summed E-state index contributed by atoms with van der Waals surface area (Å²) in [5.74, 6) is 0.520. The Labute approximate surface area is 122 Å². The molecular formula is C17H26N2O. The Morgan fingerprint density at radius 1 is 1.65 bits per heavy atom. The largest absolute Gasteiger partial charge is 0.365 e. The van der Waals surface area contributed by atoms with E-state index in [1.54, 1.807) is 0 Å². The van der Waals surface area contributed by atoms with Crippen LogP contribution in [0.25, 0.3) is 0 Å². The van der Waals surface area contributed by atoms with E-state index in [0.717, 1.165) is 30.8 Å². The fourth-order valence-electron chi connectivity index (χ4n) is 2.63. The van der Waals surface area contributed by atoms with Crippen LogP contribution < -0.4 is 5.32 Å². The van der Waals surface area contributed by atoms with E-state index in [9.17, 15) is 0 Å². The third-order valence-electron chi connectivity index (χ3n) is 3.86. The number of fused-ring (bicyclic) bond motifs is 1. The molecule has 2 rings (SSSR count). The van der Waals surface area contributed by atoms with Crippen molar-refractivity contribution in [2.45, 2.75) is 39.7 Å².